The molecule has 1 unspecified atom stereocenters. The molecule has 1 nitrogen and oxygen atoms in total. The Morgan fingerprint density at radius 2 is 2.00 bits per heavy atom. The SMILES string of the molecule is CC.CC1CN(C)CCS1. The average Bonchev–Trinajstić information content (AvgIpc) is 1.91. The molecule has 1 aliphatic rings. The van der Waals surface area contributed by atoms with Crippen LogP contribution in [0.3, 0.4) is 0 Å². The Kier molecular flexibility index (Phi) is 6.24. The molecule has 1 heterocycles. The number of nitrogens with zero attached hydrogens (tertiary/aromatic N) is 1. The summed E-state index contributed by atoms with van der Waals surface area (Å²) in [5.74, 6) is 1.32. The van der Waals surface area contributed by atoms with Crippen LogP contribution in [0.1, 0.15) is 20.8 Å². The van der Waals surface area contributed by atoms with E-state index in [9.17, 15) is 0 Å². The molecule has 2 heteroatoms. The standard InChI is InChI=1S/C6H13NS.C2H6/c1-6-5-7(2)3-4-8-6;1-2/h6H,3-5H2,1-2H3;1-2H3. The minimum atomic E-state index is 0.855. The fraction of sp³-hybridized carbons (Fsp3) is 1.00. The fourth-order valence-electron chi connectivity index (χ4n) is 0.993. The number of hydrogen-bond acceptors (Lipinski definition) is 2. The van der Waals surface area contributed by atoms with Gasteiger partial charge < -0.3 is 4.90 Å². The van der Waals surface area contributed by atoms with E-state index >= 15 is 0 Å². The average molecular weight is 161 g/mol. The summed E-state index contributed by atoms with van der Waals surface area (Å²) in [5.41, 5.74) is 0. The summed E-state index contributed by atoms with van der Waals surface area (Å²) in [4.78, 5) is 2.39. The van der Waals surface area contributed by atoms with Gasteiger partial charge in [0.15, 0.2) is 0 Å². The molecule has 0 radical (unpaired) electrons. The van der Waals surface area contributed by atoms with Crippen molar-refractivity contribution >= 4 is 11.8 Å². The predicted octanol–water partition coefficient (Wildman–Crippen LogP) is 2.08. The Labute approximate surface area is 69.2 Å². The largest absolute Gasteiger partial charge is 0.304 e. The fourth-order valence-corrected chi connectivity index (χ4v) is 2.17. The van der Waals surface area contributed by atoms with Crippen molar-refractivity contribution in [3.8, 4) is 0 Å². The normalized spacial score (nSPS) is 27.0. The first kappa shape index (κ1) is 10.3. The smallest absolute Gasteiger partial charge is 0.0147 e. The molecule has 0 amide bonds. The second-order valence-electron chi connectivity index (χ2n) is 2.44. The summed E-state index contributed by atoms with van der Waals surface area (Å²) in [7, 11) is 2.19. The molecule has 0 aromatic heterocycles. The van der Waals surface area contributed by atoms with Gasteiger partial charge in [0.05, 0.1) is 0 Å². The van der Waals surface area contributed by atoms with E-state index in [1.165, 1.54) is 18.8 Å². The van der Waals surface area contributed by atoms with Gasteiger partial charge in [-0.3, -0.25) is 0 Å². The van der Waals surface area contributed by atoms with E-state index in [0.29, 0.717) is 0 Å². The van der Waals surface area contributed by atoms with E-state index in [2.05, 4.69) is 30.6 Å². The zero-order valence-electron chi connectivity index (χ0n) is 7.55. The zero-order valence-corrected chi connectivity index (χ0v) is 8.37. The summed E-state index contributed by atoms with van der Waals surface area (Å²) < 4.78 is 0. The molecule has 1 atom stereocenters. The molecule has 1 rings (SSSR count). The maximum absolute atomic E-state index is 2.39. The first-order valence-electron chi connectivity index (χ1n) is 4.09. The van der Waals surface area contributed by atoms with Gasteiger partial charge in [-0.1, -0.05) is 20.8 Å². The lowest BCUT2D eigenvalue weighted by Crippen LogP contribution is -2.32. The van der Waals surface area contributed by atoms with Crippen LogP contribution in [0.2, 0.25) is 0 Å². The molecule has 0 saturated carbocycles. The van der Waals surface area contributed by atoms with E-state index in [4.69, 9.17) is 0 Å². The highest BCUT2D eigenvalue weighted by Gasteiger charge is 2.11. The number of rotatable bonds is 0. The van der Waals surface area contributed by atoms with Gasteiger partial charge in [-0.15, -0.1) is 0 Å². The minimum absolute atomic E-state index is 0.855. The van der Waals surface area contributed by atoms with Gasteiger partial charge in [-0.05, 0) is 7.05 Å². The van der Waals surface area contributed by atoms with Crippen LogP contribution in [-0.2, 0) is 0 Å². The molecule has 0 aromatic rings. The lowest BCUT2D eigenvalue weighted by Gasteiger charge is -2.26. The van der Waals surface area contributed by atoms with E-state index in [-0.39, 0.29) is 0 Å². The highest BCUT2D eigenvalue weighted by atomic mass is 32.2. The highest BCUT2D eigenvalue weighted by Crippen LogP contribution is 2.15. The highest BCUT2D eigenvalue weighted by molar-refractivity contribution is 7.99. The number of hydrogen-bond donors (Lipinski definition) is 0. The molecule has 1 aliphatic heterocycles. The Balaban J connectivity index is 0.000000371. The van der Waals surface area contributed by atoms with Crippen LogP contribution in [0.15, 0.2) is 0 Å². The first-order chi connectivity index (χ1) is 4.79. The van der Waals surface area contributed by atoms with Crippen LogP contribution in [-0.4, -0.2) is 36.0 Å². The van der Waals surface area contributed by atoms with Gasteiger partial charge in [0, 0.05) is 24.1 Å². The molecule has 10 heavy (non-hydrogen) atoms. The monoisotopic (exact) mass is 161 g/mol. The molecule has 1 saturated heterocycles. The van der Waals surface area contributed by atoms with Crippen LogP contribution in [0.4, 0.5) is 0 Å². The van der Waals surface area contributed by atoms with Crippen LogP contribution >= 0.6 is 11.8 Å². The lowest BCUT2D eigenvalue weighted by atomic mass is 10.4. The summed E-state index contributed by atoms with van der Waals surface area (Å²) in [6.07, 6.45) is 0. The van der Waals surface area contributed by atoms with Crippen molar-refractivity contribution in [2.75, 3.05) is 25.9 Å². The van der Waals surface area contributed by atoms with Gasteiger partial charge in [-0.25, -0.2) is 0 Å². The Morgan fingerprint density at radius 3 is 2.30 bits per heavy atom. The molecule has 62 valence electrons. The van der Waals surface area contributed by atoms with Crippen molar-refractivity contribution in [3.05, 3.63) is 0 Å². The first-order valence-corrected chi connectivity index (χ1v) is 5.14. The van der Waals surface area contributed by atoms with Gasteiger partial charge in [0.2, 0.25) is 0 Å². The Morgan fingerprint density at radius 1 is 1.40 bits per heavy atom. The van der Waals surface area contributed by atoms with Gasteiger partial charge >= 0.3 is 0 Å². The molecule has 0 aliphatic carbocycles. The van der Waals surface area contributed by atoms with Crippen molar-refractivity contribution < 1.29 is 0 Å². The molecular weight excluding hydrogens is 142 g/mol. The van der Waals surface area contributed by atoms with Crippen molar-refractivity contribution in [3.63, 3.8) is 0 Å². The van der Waals surface area contributed by atoms with Crippen LogP contribution in [0, 0.1) is 0 Å². The van der Waals surface area contributed by atoms with Gasteiger partial charge in [0.1, 0.15) is 0 Å². The van der Waals surface area contributed by atoms with Gasteiger partial charge in [-0.2, -0.15) is 11.8 Å². The minimum Gasteiger partial charge on any atom is -0.304 e. The van der Waals surface area contributed by atoms with Crippen LogP contribution < -0.4 is 0 Å². The topological polar surface area (TPSA) is 3.24 Å². The van der Waals surface area contributed by atoms with Crippen molar-refractivity contribution in [2.24, 2.45) is 0 Å². The summed E-state index contributed by atoms with van der Waals surface area (Å²) in [6, 6.07) is 0. The molecule has 0 bridgehead atoms. The Bertz CT molecular complexity index is 67.7. The summed E-state index contributed by atoms with van der Waals surface area (Å²) >= 11 is 2.08. The van der Waals surface area contributed by atoms with E-state index < -0.39 is 0 Å². The van der Waals surface area contributed by atoms with Gasteiger partial charge in [0.25, 0.3) is 0 Å². The number of thioether (sulfide) groups is 1. The third-order valence-electron chi connectivity index (χ3n) is 1.44. The quantitative estimate of drug-likeness (QED) is 0.535. The van der Waals surface area contributed by atoms with Crippen molar-refractivity contribution in [1.29, 1.82) is 0 Å². The molecular formula is C8H19NS. The van der Waals surface area contributed by atoms with E-state index in [0.717, 1.165) is 5.25 Å². The lowest BCUT2D eigenvalue weighted by molar-refractivity contribution is 0.350. The van der Waals surface area contributed by atoms with Crippen molar-refractivity contribution in [2.45, 2.75) is 26.0 Å². The third kappa shape index (κ3) is 4.18. The summed E-state index contributed by atoms with van der Waals surface area (Å²) in [5, 5.41) is 0.855. The molecule has 0 N–H and O–H groups in total. The predicted molar refractivity (Wildman–Crippen MR) is 50.8 cm³/mol. The second kappa shape index (κ2) is 6.05. The maximum Gasteiger partial charge on any atom is 0.0147 e. The molecule has 0 aromatic carbocycles. The second-order valence-corrected chi connectivity index (χ2v) is 3.99. The zero-order chi connectivity index (χ0) is 7.98. The molecule has 1 fully saturated rings. The Hall–Kier alpha value is 0.310. The molecule has 0 spiro atoms. The van der Waals surface area contributed by atoms with Crippen LogP contribution in [0.5, 0.6) is 0 Å². The summed E-state index contributed by atoms with van der Waals surface area (Å²) in [6.45, 7) is 8.83. The van der Waals surface area contributed by atoms with Crippen LogP contribution in [0.25, 0.3) is 0 Å². The van der Waals surface area contributed by atoms with Crippen molar-refractivity contribution in [1.82, 2.24) is 4.90 Å². The third-order valence-corrected chi connectivity index (χ3v) is 2.58. The van der Waals surface area contributed by atoms with E-state index in [1.807, 2.05) is 13.8 Å². The maximum atomic E-state index is 2.39. The van der Waals surface area contributed by atoms with E-state index in [1.54, 1.807) is 0 Å².